The first kappa shape index (κ1) is 13.3. The summed E-state index contributed by atoms with van der Waals surface area (Å²) in [5, 5.41) is 3.59. The molecule has 0 bridgehead atoms. The number of anilines is 1. The topological polar surface area (TPSA) is 24.9 Å². The molecule has 2 aromatic rings. The SMILES string of the molecule is CC(Nc1ccnc(Cl)c1)c1cc(Br)ccc1F. The number of halogens is 3. The first-order chi connectivity index (χ1) is 8.56. The number of hydrogen-bond acceptors (Lipinski definition) is 2. The molecule has 0 amide bonds. The van der Waals surface area contributed by atoms with Gasteiger partial charge in [-0.05, 0) is 37.3 Å². The minimum Gasteiger partial charge on any atom is -0.378 e. The molecule has 0 spiro atoms. The van der Waals surface area contributed by atoms with E-state index in [-0.39, 0.29) is 11.9 Å². The largest absolute Gasteiger partial charge is 0.378 e. The third-order valence-electron chi connectivity index (χ3n) is 2.53. The van der Waals surface area contributed by atoms with Crippen molar-refractivity contribution in [3.8, 4) is 0 Å². The highest BCUT2D eigenvalue weighted by Gasteiger charge is 2.11. The zero-order valence-electron chi connectivity index (χ0n) is 9.62. The molecule has 1 unspecified atom stereocenters. The number of nitrogens with zero attached hydrogens (tertiary/aromatic N) is 1. The summed E-state index contributed by atoms with van der Waals surface area (Å²) in [6.07, 6.45) is 1.61. The lowest BCUT2D eigenvalue weighted by molar-refractivity contribution is 0.600. The molecule has 5 heteroatoms. The average molecular weight is 330 g/mol. The Bertz CT molecular complexity index is 562. The summed E-state index contributed by atoms with van der Waals surface area (Å²) in [5.74, 6) is -0.238. The van der Waals surface area contributed by atoms with E-state index in [0.717, 1.165) is 10.2 Å². The molecule has 1 aromatic heterocycles. The van der Waals surface area contributed by atoms with Crippen molar-refractivity contribution in [3.05, 3.63) is 57.5 Å². The van der Waals surface area contributed by atoms with E-state index in [1.165, 1.54) is 6.07 Å². The third-order valence-corrected chi connectivity index (χ3v) is 3.23. The molecule has 2 rings (SSSR count). The van der Waals surface area contributed by atoms with Gasteiger partial charge in [0.25, 0.3) is 0 Å². The monoisotopic (exact) mass is 328 g/mol. The maximum atomic E-state index is 13.7. The molecule has 18 heavy (non-hydrogen) atoms. The Labute approximate surface area is 118 Å². The summed E-state index contributed by atoms with van der Waals surface area (Å²) in [7, 11) is 0. The Kier molecular flexibility index (Phi) is 4.19. The highest BCUT2D eigenvalue weighted by Crippen LogP contribution is 2.25. The number of pyridine rings is 1. The van der Waals surface area contributed by atoms with Gasteiger partial charge in [-0.15, -0.1) is 0 Å². The lowest BCUT2D eigenvalue weighted by atomic mass is 10.1. The van der Waals surface area contributed by atoms with E-state index < -0.39 is 0 Å². The van der Waals surface area contributed by atoms with E-state index in [9.17, 15) is 4.39 Å². The molecular weight excluding hydrogens is 319 g/mol. The number of nitrogens with one attached hydrogen (secondary N) is 1. The molecule has 1 heterocycles. The molecule has 0 aliphatic heterocycles. The van der Waals surface area contributed by atoms with E-state index in [1.54, 1.807) is 30.5 Å². The zero-order chi connectivity index (χ0) is 13.1. The van der Waals surface area contributed by atoms with Gasteiger partial charge in [-0.3, -0.25) is 0 Å². The third kappa shape index (κ3) is 3.21. The molecule has 0 radical (unpaired) electrons. The smallest absolute Gasteiger partial charge is 0.131 e. The van der Waals surface area contributed by atoms with E-state index >= 15 is 0 Å². The highest BCUT2D eigenvalue weighted by molar-refractivity contribution is 9.10. The predicted octanol–water partition coefficient (Wildman–Crippen LogP) is 4.81. The van der Waals surface area contributed by atoms with Crippen LogP contribution in [0.25, 0.3) is 0 Å². The second-order valence-electron chi connectivity index (χ2n) is 3.90. The van der Waals surface area contributed by atoms with Gasteiger partial charge in [0.15, 0.2) is 0 Å². The minimum atomic E-state index is -0.238. The highest BCUT2D eigenvalue weighted by atomic mass is 79.9. The van der Waals surface area contributed by atoms with Crippen molar-refractivity contribution >= 4 is 33.2 Å². The molecule has 0 saturated carbocycles. The van der Waals surface area contributed by atoms with Crippen LogP contribution in [0.2, 0.25) is 5.15 Å². The van der Waals surface area contributed by atoms with E-state index in [4.69, 9.17) is 11.6 Å². The van der Waals surface area contributed by atoms with Crippen LogP contribution in [0.15, 0.2) is 41.0 Å². The van der Waals surface area contributed by atoms with Gasteiger partial charge in [0, 0.05) is 21.9 Å². The second-order valence-corrected chi connectivity index (χ2v) is 5.20. The Morgan fingerprint density at radius 3 is 2.83 bits per heavy atom. The van der Waals surface area contributed by atoms with Gasteiger partial charge in [-0.2, -0.15) is 0 Å². The summed E-state index contributed by atoms with van der Waals surface area (Å²) >= 11 is 9.13. The standard InChI is InChI=1S/C13H11BrClFN2/c1-8(11-6-9(14)2-3-12(11)16)18-10-4-5-17-13(15)7-10/h2-8H,1H3,(H,17,18). The van der Waals surface area contributed by atoms with Gasteiger partial charge < -0.3 is 5.32 Å². The van der Waals surface area contributed by atoms with Crippen LogP contribution >= 0.6 is 27.5 Å². The first-order valence-electron chi connectivity index (χ1n) is 5.39. The molecule has 1 aromatic carbocycles. The zero-order valence-corrected chi connectivity index (χ0v) is 12.0. The van der Waals surface area contributed by atoms with Crippen LogP contribution in [0, 0.1) is 5.82 Å². The van der Waals surface area contributed by atoms with Gasteiger partial charge in [0.1, 0.15) is 11.0 Å². The quantitative estimate of drug-likeness (QED) is 0.817. The van der Waals surface area contributed by atoms with Crippen molar-refractivity contribution in [3.63, 3.8) is 0 Å². The normalized spacial score (nSPS) is 12.2. The van der Waals surface area contributed by atoms with Gasteiger partial charge in [0.05, 0.1) is 6.04 Å². The second kappa shape index (κ2) is 5.67. The fraction of sp³-hybridized carbons (Fsp3) is 0.154. The number of hydrogen-bond donors (Lipinski definition) is 1. The number of rotatable bonds is 3. The Morgan fingerprint density at radius 2 is 2.11 bits per heavy atom. The lowest BCUT2D eigenvalue weighted by Gasteiger charge is -2.16. The number of aromatic nitrogens is 1. The van der Waals surface area contributed by atoms with Gasteiger partial charge >= 0.3 is 0 Å². The van der Waals surface area contributed by atoms with Crippen LogP contribution in [0.4, 0.5) is 10.1 Å². The van der Waals surface area contributed by atoms with E-state index in [0.29, 0.717) is 10.7 Å². The number of benzene rings is 1. The fourth-order valence-electron chi connectivity index (χ4n) is 1.67. The molecule has 2 nitrogen and oxygen atoms in total. The Hall–Kier alpha value is -1.13. The molecule has 0 fully saturated rings. The summed E-state index contributed by atoms with van der Waals surface area (Å²) in [4.78, 5) is 3.90. The summed E-state index contributed by atoms with van der Waals surface area (Å²) < 4.78 is 14.6. The Morgan fingerprint density at radius 1 is 1.33 bits per heavy atom. The summed E-state index contributed by atoms with van der Waals surface area (Å²) in [6.45, 7) is 1.89. The van der Waals surface area contributed by atoms with E-state index in [1.807, 2.05) is 6.92 Å². The van der Waals surface area contributed by atoms with Crippen molar-refractivity contribution in [1.82, 2.24) is 4.98 Å². The Balaban J connectivity index is 2.21. The first-order valence-corrected chi connectivity index (χ1v) is 6.56. The molecule has 1 N–H and O–H groups in total. The van der Waals surface area contributed by atoms with Crippen LogP contribution < -0.4 is 5.32 Å². The van der Waals surface area contributed by atoms with Gasteiger partial charge in [0.2, 0.25) is 0 Å². The van der Waals surface area contributed by atoms with Crippen molar-refractivity contribution in [2.75, 3.05) is 5.32 Å². The van der Waals surface area contributed by atoms with Crippen molar-refractivity contribution in [1.29, 1.82) is 0 Å². The van der Waals surface area contributed by atoms with Crippen molar-refractivity contribution in [2.24, 2.45) is 0 Å². The molecule has 0 saturated heterocycles. The van der Waals surface area contributed by atoms with Gasteiger partial charge in [-0.25, -0.2) is 9.37 Å². The molecule has 0 aliphatic carbocycles. The van der Waals surface area contributed by atoms with Crippen LogP contribution in [0.1, 0.15) is 18.5 Å². The van der Waals surface area contributed by atoms with Crippen molar-refractivity contribution < 1.29 is 4.39 Å². The summed E-state index contributed by atoms with van der Waals surface area (Å²) in [6, 6.07) is 8.20. The maximum absolute atomic E-state index is 13.7. The molecule has 1 atom stereocenters. The van der Waals surface area contributed by atoms with Crippen LogP contribution in [-0.4, -0.2) is 4.98 Å². The lowest BCUT2D eigenvalue weighted by Crippen LogP contribution is -2.08. The summed E-state index contributed by atoms with van der Waals surface area (Å²) in [5.41, 5.74) is 1.40. The average Bonchev–Trinajstić information content (AvgIpc) is 2.32. The van der Waals surface area contributed by atoms with Crippen LogP contribution in [0.3, 0.4) is 0 Å². The van der Waals surface area contributed by atoms with Crippen molar-refractivity contribution in [2.45, 2.75) is 13.0 Å². The maximum Gasteiger partial charge on any atom is 0.131 e. The molecular formula is C13H11BrClFN2. The van der Waals surface area contributed by atoms with Crippen LogP contribution in [0.5, 0.6) is 0 Å². The minimum absolute atomic E-state index is 0.166. The van der Waals surface area contributed by atoms with E-state index in [2.05, 4.69) is 26.2 Å². The fourth-order valence-corrected chi connectivity index (χ4v) is 2.22. The molecule has 94 valence electrons. The molecule has 0 aliphatic rings. The van der Waals surface area contributed by atoms with Crippen LogP contribution in [-0.2, 0) is 0 Å². The predicted molar refractivity (Wildman–Crippen MR) is 75.4 cm³/mol. The van der Waals surface area contributed by atoms with Gasteiger partial charge in [-0.1, -0.05) is 27.5 Å².